The number of fused-ring (bicyclic) bond motifs is 1. The van der Waals surface area contributed by atoms with Crippen molar-refractivity contribution >= 4 is 46.6 Å². The number of nitrogens with two attached hydrogens (primary N) is 1. The molecule has 4 aliphatic heterocycles. The second kappa shape index (κ2) is 18.9. The van der Waals surface area contributed by atoms with Crippen molar-refractivity contribution in [2.45, 2.75) is 44.7 Å². The fourth-order valence-corrected chi connectivity index (χ4v) is 9.54. The summed E-state index contributed by atoms with van der Waals surface area (Å²) in [6.07, 6.45) is 3.40. The van der Waals surface area contributed by atoms with Gasteiger partial charge in [0.1, 0.15) is 28.6 Å². The molecule has 9 rings (SSSR count). The molecular weight excluding hydrogens is 809 g/mol. The Bertz CT molecular complexity index is 2440. The fourth-order valence-electron chi connectivity index (χ4n) is 9.54. The Morgan fingerprint density at radius 1 is 0.766 bits per heavy atom. The molecule has 1 aromatic heterocycles. The number of carbonyl (C=O) groups excluding carboxylic acids is 4. The molecule has 0 radical (unpaired) electrons. The number of para-hydroxylation sites is 1. The van der Waals surface area contributed by atoms with Crippen LogP contribution >= 0.6 is 0 Å². The molecule has 0 aliphatic carbocycles. The van der Waals surface area contributed by atoms with E-state index in [-0.39, 0.29) is 23.9 Å². The number of hydrogen-bond donors (Lipinski definition) is 3. The van der Waals surface area contributed by atoms with Gasteiger partial charge in [-0.2, -0.15) is 5.10 Å². The van der Waals surface area contributed by atoms with E-state index in [0.717, 1.165) is 81.2 Å². The molecule has 15 heteroatoms. The molecule has 0 spiro atoms. The predicted octanol–water partition coefficient (Wildman–Crippen LogP) is 6.33. The molecule has 5 aromatic rings. The minimum Gasteiger partial charge on any atom is -0.457 e. The maximum Gasteiger partial charge on any atom is 0.328 e. The summed E-state index contributed by atoms with van der Waals surface area (Å²) in [6.45, 7) is 7.54. The van der Waals surface area contributed by atoms with Crippen LogP contribution in [0.2, 0.25) is 0 Å². The van der Waals surface area contributed by atoms with Crippen LogP contribution in [-0.2, 0) is 16.1 Å². The Labute approximate surface area is 373 Å². The lowest BCUT2D eigenvalue weighted by molar-refractivity contribution is -0.133. The third-order valence-electron chi connectivity index (χ3n) is 13.1. The number of imide groups is 1. The molecule has 4 aromatic carbocycles. The van der Waals surface area contributed by atoms with Gasteiger partial charge in [-0.1, -0.05) is 30.3 Å². The number of aromatic nitrogens is 2. The zero-order chi connectivity index (χ0) is 44.2. The molecule has 5 heterocycles. The molecule has 3 saturated heterocycles. The first-order valence-electron chi connectivity index (χ1n) is 22.4. The Morgan fingerprint density at radius 3 is 2.03 bits per heavy atom. The Hall–Kier alpha value is -6.87. The van der Waals surface area contributed by atoms with Crippen LogP contribution in [0.3, 0.4) is 0 Å². The summed E-state index contributed by atoms with van der Waals surface area (Å²) in [7, 11) is 2.07. The number of amides is 5. The molecule has 64 heavy (non-hydrogen) atoms. The molecule has 15 nitrogen and oxygen atoms in total. The van der Waals surface area contributed by atoms with Crippen molar-refractivity contribution in [3.63, 3.8) is 0 Å². The smallest absolute Gasteiger partial charge is 0.328 e. The molecule has 3 fully saturated rings. The maximum atomic E-state index is 13.5. The first-order valence-corrected chi connectivity index (χ1v) is 22.4. The molecule has 0 saturated carbocycles. The lowest BCUT2D eigenvalue weighted by Crippen LogP contribution is -2.49. The molecule has 5 amide bonds. The van der Waals surface area contributed by atoms with E-state index in [1.807, 2.05) is 88.4 Å². The number of likely N-dealkylation sites (tertiary alicyclic amines) is 1. The van der Waals surface area contributed by atoms with Gasteiger partial charge in [-0.15, -0.1) is 0 Å². The quantitative estimate of drug-likeness (QED) is 0.122. The highest BCUT2D eigenvalue weighted by Gasteiger charge is 2.36. The van der Waals surface area contributed by atoms with Gasteiger partial charge in [0, 0.05) is 101 Å². The van der Waals surface area contributed by atoms with Crippen LogP contribution in [0.1, 0.15) is 54.1 Å². The topological polar surface area (TPSA) is 162 Å². The van der Waals surface area contributed by atoms with Crippen LogP contribution in [0.5, 0.6) is 11.5 Å². The Kier molecular flexibility index (Phi) is 12.5. The second-order valence-corrected chi connectivity index (χ2v) is 17.2. The number of piperidine rings is 1. The summed E-state index contributed by atoms with van der Waals surface area (Å²) in [6, 6.07) is 33.6. The number of urea groups is 1. The first kappa shape index (κ1) is 42.4. The number of rotatable bonds is 13. The first-order chi connectivity index (χ1) is 31.2. The van der Waals surface area contributed by atoms with Crippen LogP contribution in [0.4, 0.5) is 27.7 Å². The molecule has 1 atom stereocenters. The molecule has 332 valence electrons. The van der Waals surface area contributed by atoms with Gasteiger partial charge >= 0.3 is 6.03 Å². The largest absolute Gasteiger partial charge is 0.457 e. The van der Waals surface area contributed by atoms with Gasteiger partial charge in [0.15, 0.2) is 0 Å². The van der Waals surface area contributed by atoms with Crippen LogP contribution in [0.25, 0.3) is 11.3 Å². The summed E-state index contributed by atoms with van der Waals surface area (Å²) >= 11 is 0. The van der Waals surface area contributed by atoms with Crippen LogP contribution in [0, 0.1) is 5.92 Å². The SMILES string of the molecule is CN(CCC(=O)N1CCC([C@@H]2CCNc3c(C(N)=O)c(-c4ccc(Oc5ccccc5)cc4)nn32)CC1)Cc1ccc(N2CCN(c3ccc(N4CCC(=O)NC4=O)cc3)CC2)cc1. The third kappa shape index (κ3) is 9.39. The second-order valence-electron chi connectivity index (χ2n) is 17.2. The molecule has 4 N–H and O–H groups in total. The van der Waals surface area contributed by atoms with Gasteiger partial charge in [-0.3, -0.25) is 24.6 Å². The minimum atomic E-state index is -0.517. The molecule has 0 unspecified atom stereocenters. The lowest BCUT2D eigenvalue weighted by Gasteiger charge is -2.38. The standard InChI is InChI=1S/C49H56N10O5/c1-54(33-34-7-11-37(12-8-34)55-29-31-56(32-30-55)38-13-15-39(16-14-38)58-28-22-43(60)52-49(58)63)25-23-44(61)57-26-20-35(21-27-57)42-19-24-51-48-45(47(50)62)46(53-59(42)48)36-9-17-41(18-10-36)64-40-5-3-2-4-6-40/h2-18,35,42,51H,19-33H2,1H3,(H2,50,62)(H,52,60,63)/t42-/m0/s1. The number of nitrogens with one attached hydrogen (secondary N) is 2. The Balaban J connectivity index is 0.724. The third-order valence-corrected chi connectivity index (χ3v) is 13.1. The van der Waals surface area contributed by atoms with Crippen LogP contribution < -0.4 is 35.8 Å². The van der Waals surface area contributed by atoms with Crippen molar-refractivity contribution in [3.05, 3.63) is 114 Å². The van der Waals surface area contributed by atoms with Crippen molar-refractivity contribution in [1.82, 2.24) is 24.9 Å². The van der Waals surface area contributed by atoms with Crippen molar-refractivity contribution in [3.8, 4) is 22.8 Å². The number of carbonyl (C=O) groups is 4. The monoisotopic (exact) mass is 864 g/mol. The number of ether oxygens (including phenoxy) is 1. The number of benzene rings is 4. The van der Waals surface area contributed by atoms with Gasteiger partial charge in [0.2, 0.25) is 11.8 Å². The number of piperazine rings is 1. The van der Waals surface area contributed by atoms with E-state index in [1.165, 1.54) is 11.3 Å². The van der Waals surface area contributed by atoms with E-state index in [2.05, 4.69) is 56.6 Å². The van der Waals surface area contributed by atoms with E-state index < -0.39 is 5.91 Å². The zero-order valence-corrected chi connectivity index (χ0v) is 36.3. The average Bonchev–Trinajstić information content (AvgIpc) is 3.72. The predicted molar refractivity (Wildman–Crippen MR) is 248 cm³/mol. The van der Waals surface area contributed by atoms with Gasteiger partial charge in [-0.25, -0.2) is 9.48 Å². The molecular formula is C49H56N10O5. The van der Waals surface area contributed by atoms with E-state index in [0.29, 0.717) is 67.8 Å². The van der Waals surface area contributed by atoms with E-state index in [9.17, 15) is 19.2 Å². The Morgan fingerprint density at radius 2 is 1.39 bits per heavy atom. The van der Waals surface area contributed by atoms with Gasteiger partial charge in [0.05, 0.1) is 6.04 Å². The summed E-state index contributed by atoms with van der Waals surface area (Å²) in [5.41, 5.74) is 12.0. The van der Waals surface area contributed by atoms with Gasteiger partial charge in [0.25, 0.3) is 5.91 Å². The minimum absolute atomic E-state index is 0.0971. The van der Waals surface area contributed by atoms with Crippen molar-refractivity contribution < 1.29 is 23.9 Å². The summed E-state index contributed by atoms with van der Waals surface area (Å²) in [5, 5.41) is 10.8. The number of primary amides is 1. The highest BCUT2D eigenvalue weighted by Crippen LogP contribution is 2.40. The van der Waals surface area contributed by atoms with Gasteiger partial charge < -0.3 is 35.4 Å². The number of hydrogen-bond acceptors (Lipinski definition) is 10. The normalized spacial score (nSPS) is 18.1. The maximum absolute atomic E-state index is 13.5. The van der Waals surface area contributed by atoms with E-state index >= 15 is 0 Å². The highest BCUT2D eigenvalue weighted by atomic mass is 16.5. The summed E-state index contributed by atoms with van der Waals surface area (Å²) in [5.74, 6) is 1.86. The lowest BCUT2D eigenvalue weighted by atomic mass is 9.86. The van der Waals surface area contributed by atoms with Crippen LogP contribution in [-0.4, -0.2) is 109 Å². The fraction of sp³-hybridized carbons (Fsp3) is 0.367. The van der Waals surface area contributed by atoms with Crippen LogP contribution in [0.15, 0.2) is 103 Å². The van der Waals surface area contributed by atoms with Crippen molar-refractivity contribution in [2.24, 2.45) is 11.7 Å². The number of nitrogens with zero attached hydrogens (tertiary/aromatic N) is 7. The average molecular weight is 865 g/mol. The zero-order valence-electron chi connectivity index (χ0n) is 36.3. The van der Waals surface area contributed by atoms with Crippen molar-refractivity contribution in [2.75, 3.05) is 86.0 Å². The van der Waals surface area contributed by atoms with Crippen molar-refractivity contribution in [1.29, 1.82) is 0 Å². The highest BCUT2D eigenvalue weighted by molar-refractivity contribution is 6.06. The molecule has 0 bridgehead atoms. The van der Waals surface area contributed by atoms with Gasteiger partial charge in [-0.05, 0) is 111 Å². The summed E-state index contributed by atoms with van der Waals surface area (Å²) in [4.78, 5) is 60.7. The van der Waals surface area contributed by atoms with E-state index in [1.54, 1.807) is 4.90 Å². The summed E-state index contributed by atoms with van der Waals surface area (Å²) < 4.78 is 7.95. The number of anilines is 4. The molecule has 4 aliphatic rings. The van der Waals surface area contributed by atoms with E-state index in [4.69, 9.17) is 15.6 Å².